The van der Waals surface area contributed by atoms with Gasteiger partial charge in [-0.15, -0.1) is 0 Å². The molecular weight excluding hydrogens is 392 g/mol. The quantitative estimate of drug-likeness (QED) is 0.783. The van der Waals surface area contributed by atoms with Crippen LogP contribution >= 0.6 is 11.6 Å². The minimum Gasteiger partial charge on any atom is -0.465 e. The summed E-state index contributed by atoms with van der Waals surface area (Å²) in [5, 5.41) is 19.7. The molecule has 0 bridgehead atoms. The number of morpholine rings is 1. The van der Waals surface area contributed by atoms with Crippen LogP contribution in [0.25, 0.3) is 0 Å². The largest absolute Gasteiger partial charge is 0.465 e. The van der Waals surface area contributed by atoms with Crippen molar-refractivity contribution in [1.29, 1.82) is 5.26 Å². The lowest BCUT2D eigenvalue weighted by molar-refractivity contribution is -0.116. The van der Waals surface area contributed by atoms with E-state index >= 15 is 0 Å². The summed E-state index contributed by atoms with van der Waals surface area (Å²) < 4.78 is 5.99. The van der Waals surface area contributed by atoms with Crippen LogP contribution in [0.2, 0.25) is 5.02 Å². The number of amides is 1. The van der Waals surface area contributed by atoms with Crippen molar-refractivity contribution in [2.75, 3.05) is 42.6 Å². The first kappa shape index (κ1) is 21.7. The van der Waals surface area contributed by atoms with E-state index in [1.54, 1.807) is 32.9 Å². The van der Waals surface area contributed by atoms with Crippen LogP contribution in [0.4, 0.5) is 16.2 Å². The van der Waals surface area contributed by atoms with Crippen LogP contribution in [-0.2, 0) is 4.74 Å². The Morgan fingerprint density at radius 3 is 2.66 bits per heavy atom. The second kappa shape index (κ2) is 7.67. The Morgan fingerprint density at radius 1 is 1.38 bits per heavy atom. The minimum atomic E-state index is -1.10. The highest BCUT2D eigenvalue weighted by Crippen LogP contribution is 2.40. The van der Waals surface area contributed by atoms with Crippen molar-refractivity contribution in [2.45, 2.75) is 51.8 Å². The van der Waals surface area contributed by atoms with Gasteiger partial charge in [-0.25, -0.2) is 4.79 Å². The van der Waals surface area contributed by atoms with Crippen molar-refractivity contribution in [3.63, 3.8) is 0 Å². The van der Waals surface area contributed by atoms with Gasteiger partial charge in [-0.1, -0.05) is 11.6 Å². The first-order chi connectivity index (χ1) is 13.4. The number of hydrogen-bond donors (Lipinski definition) is 1. The van der Waals surface area contributed by atoms with Crippen LogP contribution in [0.1, 0.15) is 40.2 Å². The number of fused-ring (bicyclic) bond motifs is 1. The zero-order chi connectivity index (χ0) is 21.6. The molecule has 0 aromatic heterocycles. The molecule has 1 amide bonds. The molecule has 3 rings (SSSR count). The highest BCUT2D eigenvalue weighted by Gasteiger charge is 2.38. The number of nitriles is 1. The van der Waals surface area contributed by atoms with Crippen molar-refractivity contribution >= 4 is 29.1 Å². The number of benzene rings is 1. The topological polar surface area (TPSA) is 80.0 Å². The predicted octanol–water partition coefficient (Wildman–Crippen LogP) is 3.79. The van der Waals surface area contributed by atoms with E-state index in [2.05, 4.69) is 29.7 Å². The Bertz CT molecular complexity index is 844. The van der Waals surface area contributed by atoms with E-state index in [4.69, 9.17) is 16.3 Å². The number of nitrogens with zero attached hydrogens (tertiary/aromatic N) is 4. The van der Waals surface area contributed by atoms with Gasteiger partial charge >= 0.3 is 6.09 Å². The van der Waals surface area contributed by atoms with Crippen LogP contribution < -0.4 is 9.80 Å². The standard InChI is InChI=1S/C21H29ClN4O3/c1-20(2,3)26(19(27)28)17-9-14(10-23)8-16(18(17)22)24-6-7-25-13-21(4,5)29-12-15(25)11-24/h8-9,15H,6-7,11-13H2,1-5H3,(H,27,28)/t15-/m0/s1. The summed E-state index contributed by atoms with van der Waals surface area (Å²) in [7, 11) is 0. The SMILES string of the molecule is CC1(C)CN2CCN(c3cc(C#N)cc(N(C(=O)O)C(C)(C)C)c3Cl)C[C@H]2CO1. The zero-order valence-corrected chi connectivity index (χ0v) is 18.5. The lowest BCUT2D eigenvalue weighted by Gasteiger charge is -2.49. The first-order valence-electron chi connectivity index (χ1n) is 9.83. The van der Waals surface area contributed by atoms with Crippen molar-refractivity contribution in [3.8, 4) is 6.07 Å². The second-order valence-corrected chi connectivity index (χ2v) is 9.75. The molecule has 158 valence electrons. The van der Waals surface area contributed by atoms with Crippen LogP contribution in [0, 0.1) is 11.3 Å². The molecule has 2 fully saturated rings. The summed E-state index contributed by atoms with van der Waals surface area (Å²) in [5.74, 6) is 0. The number of anilines is 2. The van der Waals surface area contributed by atoms with Crippen LogP contribution in [0.5, 0.6) is 0 Å². The Labute approximate surface area is 177 Å². The van der Waals surface area contributed by atoms with E-state index in [0.717, 1.165) is 19.6 Å². The number of ether oxygens (including phenoxy) is 1. The van der Waals surface area contributed by atoms with Gasteiger partial charge < -0.3 is 14.7 Å². The number of carboxylic acid groups (broad SMARTS) is 1. The normalized spacial score (nSPS) is 22.0. The lowest BCUT2D eigenvalue weighted by Crippen LogP contribution is -2.62. The van der Waals surface area contributed by atoms with E-state index in [0.29, 0.717) is 35.1 Å². The number of carbonyl (C=O) groups is 1. The van der Waals surface area contributed by atoms with E-state index in [1.165, 1.54) is 4.90 Å². The molecule has 2 aliphatic heterocycles. The Balaban J connectivity index is 1.97. The zero-order valence-electron chi connectivity index (χ0n) is 17.7. The molecule has 1 N–H and O–H groups in total. The highest BCUT2D eigenvalue weighted by molar-refractivity contribution is 6.36. The van der Waals surface area contributed by atoms with Crippen molar-refractivity contribution in [3.05, 3.63) is 22.7 Å². The van der Waals surface area contributed by atoms with E-state index in [-0.39, 0.29) is 11.6 Å². The maximum Gasteiger partial charge on any atom is 0.412 e. The number of piperazine rings is 1. The van der Waals surface area contributed by atoms with E-state index < -0.39 is 11.6 Å². The van der Waals surface area contributed by atoms with Crippen molar-refractivity contribution < 1.29 is 14.6 Å². The van der Waals surface area contributed by atoms with Gasteiger partial charge in [0.25, 0.3) is 0 Å². The van der Waals surface area contributed by atoms with Crippen LogP contribution in [0.15, 0.2) is 12.1 Å². The molecule has 0 aliphatic carbocycles. The Hall–Kier alpha value is -2.01. The van der Waals surface area contributed by atoms with Crippen LogP contribution in [-0.4, -0.2) is 66.1 Å². The minimum absolute atomic E-state index is 0.154. The third-order valence-corrected chi connectivity index (χ3v) is 5.85. The van der Waals surface area contributed by atoms with Crippen molar-refractivity contribution in [2.24, 2.45) is 0 Å². The average Bonchev–Trinajstić information content (AvgIpc) is 2.61. The predicted molar refractivity (Wildman–Crippen MR) is 114 cm³/mol. The van der Waals surface area contributed by atoms with Gasteiger partial charge in [0, 0.05) is 31.7 Å². The number of hydrogen-bond acceptors (Lipinski definition) is 5. The fourth-order valence-electron chi connectivity index (χ4n) is 4.14. The molecule has 2 heterocycles. The van der Waals surface area contributed by atoms with Crippen LogP contribution in [0.3, 0.4) is 0 Å². The molecule has 2 saturated heterocycles. The first-order valence-corrected chi connectivity index (χ1v) is 10.2. The fourth-order valence-corrected chi connectivity index (χ4v) is 4.45. The summed E-state index contributed by atoms with van der Waals surface area (Å²) in [6.07, 6.45) is -1.10. The summed E-state index contributed by atoms with van der Waals surface area (Å²) in [6.45, 7) is 13.4. The molecular formula is C21H29ClN4O3. The molecule has 0 saturated carbocycles. The monoisotopic (exact) mass is 420 g/mol. The van der Waals surface area contributed by atoms with Gasteiger partial charge in [-0.3, -0.25) is 9.80 Å². The molecule has 0 unspecified atom stereocenters. The second-order valence-electron chi connectivity index (χ2n) is 9.37. The number of rotatable bonds is 2. The smallest absolute Gasteiger partial charge is 0.412 e. The van der Waals surface area contributed by atoms with E-state index in [1.807, 2.05) is 0 Å². The van der Waals surface area contributed by atoms with Gasteiger partial charge in [-0.05, 0) is 46.8 Å². The van der Waals surface area contributed by atoms with Gasteiger partial charge in [0.2, 0.25) is 0 Å². The summed E-state index contributed by atoms with van der Waals surface area (Å²) in [4.78, 5) is 17.8. The third kappa shape index (κ3) is 4.45. The number of halogens is 1. The summed E-state index contributed by atoms with van der Waals surface area (Å²) in [6, 6.07) is 5.68. The highest BCUT2D eigenvalue weighted by atomic mass is 35.5. The molecule has 1 atom stereocenters. The summed E-state index contributed by atoms with van der Waals surface area (Å²) >= 11 is 6.74. The molecule has 29 heavy (non-hydrogen) atoms. The molecule has 8 heteroatoms. The molecule has 1 aromatic carbocycles. The molecule has 7 nitrogen and oxygen atoms in total. The fraction of sp³-hybridized carbons (Fsp3) is 0.619. The van der Waals surface area contributed by atoms with E-state index in [9.17, 15) is 15.2 Å². The molecule has 0 spiro atoms. The van der Waals surface area contributed by atoms with Gasteiger partial charge in [0.1, 0.15) is 0 Å². The van der Waals surface area contributed by atoms with Gasteiger partial charge in [-0.2, -0.15) is 5.26 Å². The third-order valence-electron chi connectivity index (χ3n) is 5.46. The summed E-state index contributed by atoms with van der Waals surface area (Å²) in [5.41, 5.74) is 0.560. The Kier molecular flexibility index (Phi) is 5.74. The molecule has 1 aromatic rings. The maximum absolute atomic E-state index is 12.0. The van der Waals surface area contributed by atoms with Gasteiger partial charge in [0.15, 0.2) is 0 Å². The maximum atomic E-state index is 12.0. The lowest BCUT2D eigenvalue weighted by atomic mass is 10.0. The average molecular weight is 421 g/mol. The Morgan fingerprint density at radius 2 is 2.07 bits per heavy atom. The van der Waals surface area contributed by atoms with Gasteiger partial charge in [0.05, 0.1) is 46.3 Å². The van der Waals surface area contributed by atoms with Crippen molar-refractivity contribution in [1.82, 2.24) is 4.90 Å². The molecule has 2 aliphatic rings. The molecule has 0 radical (unpaired) electrons.